The van der Waals surface area contributed by atoms with E-state index in [9.17, 15) is 13.6 Å². The van der Waals surface area contributed by atoms with Crippen molar-refractivity contribution in [2.24, 2.45) is 0 Å². The average Bonchev–Trinajstić information content (AvgIpc) is 2.80. The second kappa shape index (κ2) is 5.12. The van der Waals surface area contributed by atoms with Crippen molar-refractivity contribution >= 4 is 21.8 Å². The third kappa shape index (κ3) is 2.49. The second-order valence-electron chi connectivity index (χ2n) is 4.08. The number of carbonyl (C=O) groups is 1. The van der Waals surface area contributed by atoms with Crippen molar-refractivity contribution in [2.45, 2.75) is 18.9 Å². The molecule has 0 unspecified atom stereocenters. The minimum absolute atomic E-state index is 0.149. The molecule has 2 nitrogen and oxygen atoms in total. The summed E-state index contributed by atoms with van der Waals surface area (Å²) in [6.45, 7) is 0.675. The molecule has 1 aromatic carbocycles. The number of carbonyl (C=O) groups excluding carboxylic acids is 1. The topological polar surface area (TPSA) is 20.3 Å². The van der Waals surface area contributed by atoms with Crippen LogP contribution < -0.4 is 0 Å². The van der Waals surface area contributed by atoms with Crippen LogP contribution in [0.2, 0.25) is 0 Å². The molecule has 0 spiro atoms. The fraction of sp³-hybridized carbons (Fsp3) is 0.417. The minimum atomic E-state index is -0.981. The molecule has 5 heteroatoms. The molecule has 1 amide bonds. The van der Waals surface area contributed by atoms with Gasteiger partial charge in [-0.25, -0.2) is 8.78 Å². The molecule has 17 heavy (non-hydrogen) atoms. The normalized spacial score (nSPS) is 19.7. The van der Waals surface area contributed by atoms with Crippen LogP contribution in [-0.4, -0.2) is 28.7 Å². The molecule has 0 radical (unpaired) electrons. The zero-order valence-corrected chi connectivity index (χ0v) is 10.7. The van der Waals surface area contributed by atoms with Crippen LogP contribution in [0, 0.1) is 11.6 Å². The molecular formula is C12H12BrF2NO. The summed E-state index contributed by atoms with van der Waals surface area (Å²) in [6.07, 6.45) is 1.90. The molecule has 0 aliphatic carbocycles. The lowest BCUT2D eigenvalue weighted by molar-refractivity contribution is 0.0750. The molecule has 1 atom stereocenters. The summed E-state index contributed by atoms with van der Waals surface area (Å²) in [5.74, 6) is -2.14. The number of nitrogens with zero attached hydrogens (tertiary/aromatic N) is 1. The molecule has 2 rings (SSSR count). The summed E-state index contributed by atoms with van der Waals surface area (Å²) in [4.78, 5) is 13.8. The van der Waals surface area contributed by atoms with Gasteiger partial charge in [0, 0.05) is 23.5 Å². The summed E-state index contributed by atoms with van der Waals surface area (Å²) in [5.41, 5.74) is 0.205. The molecule has 1 heterocycles. The van der Waals surface area contributed by atoms with Crippen LogP contribution >= 0.6 is 15.9 Å². The second-order valence-corrected chi connectivity index (χ2v) is 4.73. The van der Waals surface area contributed by atoms with Crippen molar-refractivity contribution in [3.05, 3.63) is 35.4 Å². The number of halogens is 3. The number of hydrogen-bond acceptors (Lipinski definition) is 1. The maximum atomic E-state index is 13.1. The van der Waals surface area contributed by atoms with Gasteiger partial charge >= 0.3 is 0 Å². The fourth-order valence-electron chi connectivity index (χ4n) is 2.06. The number of alkyl halides is 1. The zero-order chi connectivity index (χ0) is 12.4. The standard InChI is InChI=1S/C12H12BrF2NO/c13-7-9-2-1-5-16(9)12(17)8-3-4-10(14)11(15)6-8/h3-4,6,9H,1-2,5,7H2/t9-/m0/s1. The van der Waals surface area contributed by atoms with Crippen LogP contribution in [0.5, 0.6) is 0 Å². The molecule has 0 saturated carbocycles. The predicted molar refractivity (Wildman–Crippen MR) is 64.2 cm³/mol. The third-order valence-electron chi connectivity index (χ3n) is 2.98. The number of benzene rings is 1. The lowest BCUT2D eigenvalue weighted by Gasteiger charge is -2.23. The number of rotatable bonds is 2. The lowest BCUT2D eigenvalue weighted by Crippen LogP contribution is -2.36. The average molecular weight is 304 g/mol. The molecule has 0 N–H and O–H groups in total. The highest BCUT2D eigenvalue weighted by molar-refractivity contribution is 9.09. The minimum Gasteiger partial charge on any atom is -0.335 e. The van der Waals surface area contributed by atoms with E-state index < -0.39 is 11.6 Å². The van der Waals surface area contributed by atoms with Crippen LogP contribution in [-0.2, 0) is 0 Å². The molecule has 0 bridgehead atoms. The Morgan fingerprint density at radius 1 is 1.41 bits per heavy atom. The van der Waals surface area contributed by atoms with Gasteiger partial charge in [-0.3, -0.25) is 4.79 Å². The number of hydrogen-bond donors (Lipinski definition) is 0. The van der Waals surface area contributed by atoms with Gasteiger partial charge in [0.1, 0.15) is 0 Å². The molecule has 1 fully saturated rings. The third-order valence-corrected chi connectivity index (χ3v) is 3.73. The highest BCUT2D eigenvalue weighted by Crippen LogP contribution is 2.22. The number of likely N-dealkylation sites (tertiary alicyclic amines) is 1. The van der Waals surface area contributed by atoms with Gasteiger partial charge in [-0.2, -0.15) is 0 Å². The van der Waals surface area contributed by atoms with E-state index in [1.807, 2.05) is 0 Å². The zero-order valence-electron chi connectivity index (χ0n) is 9.13. The van der Waals surface area contributed by atoms with Gasteiger partial charge in [0.15, 0.2) is 11.6 Å². The lowest BCUT2D eigenvalue weighted by atomic mass is 10.1. The highest BCUT2D eigenvalue weighted by atomic mass is 79.9. The van der Waals surface area contributed by atoms with Crippen molar-refractivity contribution in [1.82, 2.24) is 4.90 Å². The van der Waals surface area contributed by atoms with E-state index in [2.05, 4.69) is 15.9 Å². The monoisotopic (exact) mass is 303 g/mol. The van der Waals surface area contributed by atoms with Gasteiger partial charge in [-0.1, -0.05) is 15.9 Å². The molecule has 1 saturated heterocycles. The first kappa shape index (κ1) is 12.5. The summed E-state index contributed by atoms with van der Waals surface area (Å²) in [7, 11) is 0. The predicted octanol–water partition coefficient (Wildman–Crippen LogP) is 2.96. The van der Waals surface area contributed by atoms with E-state index in [0.29, 0.717) is 11.9 Å². The Hall–Kier alpha value is -0.970. The van der Waals surface area contributed by atoms with Gasteiger partial charge in [0.05, 0.1) is 0 Å². The Bertz CT molecular complexity index is 439. The molecule has 1 aliphatic rings. The quantitative estimate of drug-likeness (QED) is 0.769. The van der Waals surface area contributed by atoms with Crippen LogP contribution in [0.15, 0.2) is 18.2 Å². The van der Waals surface area contributed by atoms with E-state index in [4.69, 9.17) is 0 Å². The smallest absolute Gasteiger partial charge is 0.254 e. The van der Waals surface area contributed by atoms with Crippen LogP contribution in [0.3, 0.4) is 0 Å². The Morgan fingerprint density at radius 3 is 2.82 bits per heavy atom. The summed E-state index contributed by atoms with van der Waals surface area (Å²) < 4.78 is 25.8. The van der Waals surface area contributed by atoms with Gasteiger partial charge in [0.25, 0.3) is 5.91 Å². The van der Waals surface area contributed by atoms with E-state index >= 15 is 0 Å². The first-order chi connectivity index (χ1) is 8.13. The van der Waals surface area contributed by atoms with Crippen molar-refractivity contribution in [2.75, 3.05) is 11.9 Å². The van der Waals surface area contributed by atoms with Gasteiger partial charge in [-0.15, -0.1) is 0 Å². The largest absolute Gasteiger partial charge is 0.335 e. The first-order valence-corrected chi connectivity index (χ1v) is 6.57. The highest BCUT2D eigenvalue weighted by Gasteiger charge is 2.28. The summed E-state index contributed by atoms with van der Waals surface area (Å²) in [6, 6.07) is 3.42. The van der Waals surface area contributed by atoms with Crippen molar-refractivity contribution < 1.29 is 13.6 Å². The first-order valence-electron chi connectivity index (χ1n) is 5.45. The maximum Gasteiger partial charge on any atom is 0.254 e. The molecule has 0 aromatic heterocycles. The van der Waals surface area contributed by atoms with E-state index in [1.54, 1.807) is 4.90 Å². The molecule has 1 aliphatic heterocycles. The van der Waals surface area contributed by atoms with E-state index in [-0.39, 0.29) is 17.5 Å². The number of amides is 1. The van der Waals surface area contributed by atoms with Gasteiger partial charge in [-0.05, 0) is 31.0 Å². The summed E-state index contributed by atoms with van der Waals surface area (Å²) >= 11 is 3.36. The van der Waals surface area contributed by atoms with Crippen LogP contribution in [0.4, 0.5) is 8.78 Å². The SMILES string of the molecule is O=C(c1ccc(F)c(F)c1)N1CCC[C@H]1CBr. The molecule has 92 valence electrons. The fourth-order valence-corrected chi connectivity index (χ4v) is 2.73. The van der Waals surface area contributed by atoms with Crippen molar-refractivity contribution in [1.29, 1.82) is 0 Å². The van der Waals surface area contributed by atoms with E-state index in [1.165, 1.54) is 6.07 Å². The Kier molecular flexibility index (Phi) is 3.76. The van der Waals surface area contributed by atoms with Crippen LogP contribution in [0.25, 0.3) is 0 Å². The maximum absolute atomic E-state index is 13.1. The van der Waals surface area contributed by atoms with Gasteiger partial charge < -0.3 is 4.90 Å². The Balaban J connectivity index is 2.21. The molecular weight excluding hydrogens is 292 g/mol. The van der Waals surface area contributed by atoms with Gasteiger partial charge in [0.2, 0.25) is 0 Å². The Labute approximate surface area is 107 Å². The van der Waals surface area contributed by atoms with Crippen molar-refractivity contribution in [3.63, 3.8) is 0 Å². The molecule has 1 aromatic rings. The summed E-state index contributed by atoms with van der Waals surface area (Å²) in [5, 5.41) is 0.711. The van der Waals surface area contributed by atoms with Crippen molar-refractivity contribution in [3.8, 4) is 0 Å². The van der Waals surface area contributed by atoms with Crippen LogP contribution in [0.1, 0.15) is 23.2 Å². The van der Waals surface area contributed by atoms with E-state index in [0.717, 1.165) is 25.0 Å². The Morgan fingerprint density at radius 2 is 2.18 bits per heavy atom.